The van der Waals surface area contributed by atoms with Crippen molar-refractivity contribution in [3.63, 3.8) is 0 Å². The number of imidazole rings is 1. The van der Waals surface area contributed by atoms with Crippen molar-refractivity contribution < 1.29 is 9.53 Å². The molecule has 0 saturated heterocycles. The van der Waals surface area contributed by atoms with Crippen LogP contribution < -0.4 is 0 Å². The lowest BCUT2D eigenvalue weighted by Crippen LogP contribution is -2.15. The summed E-state index contributed by atoms with van der Waals surface area (Å²) in [7, 11) is 0. The molecule has 19 heavy (non-hydrogen) atoms. The first kappa shape index (κ1) is 13.1. The monoisotopic (exact) mass is 256 g/mol. The quantitative estimate of drug-likeness (QED) is 0.610. The Balaban J connectivity index is 2.24. The predicted molar refractivity (Wildman–Crippen MR) is 73.0 cm³/mol. The minimum Gasteiger partial charge on any atom is -0.457 e. The van der Waals surface area contributed by atoms with Gasteiger partial charge in [-0.1, -0.05) is 43.0 Å². The van der Waals surface area contributed by atoms with Gasteiger partial charge in [0.05, 0.1) is 18.6 Å². The maximum atomic E-state index is 11.9. The summed E-state index contributed by atoms with van der Waals surface area (Å²) in [4.78, 5) is 15.9. The van der Waals surface area contributed by atoms with Crippen LogP contribution in [0.3, 0.4) is 0 Å². The highest BCUT2D eigenvalue weighted by atomic mass is 16.5. The topological polar surface area (TPSA) is 44.1 Å². The van der Waals surface area contributed by atoms with Crippen LogP contribution in [-0.2, 0) is 4.74 Å². The summed E-state index contributed by atoms with van der Waals surface area (Å²) in [6.45, 7) is 5.73. The van der Waals surface area contributed by atoms with Crippen molar-refractivity contribution in [2.45, 2.75) is 13.0 Å². The number of nitrogens with zero attached hydrogens (tertiary/aromatic N) is 2. The molecule has 0 radical (unpaired) electrons. The van der Waals surface area contributed by atoms with Gasteiger partial charge in [-0.3, -0.25) is 0 Å². The van der Waals surface area contributed by atoms with Crippen LogP contribution in [-0.4, -0.2) is 22.1 Å². The molecule has 0 spiro atoms. The van der Waals surface area contributed by atoms with Gasteiger partial charge in [-0.2, -0.15) is 0 Å². The van der Waals surface area contributed by atoms with Crippen molar-refractivity contribution in [1.29, 1.82) is 0 Å². The zero-order valence-electron chi connectivity index (χ0n) is 10.8. The molecule has 2 aromatic rings. The number of carbonyl (C=O) groups excluding carboxylic acids is 1. The lowest BCUT2D eigenvalue weighted by atomic mass is 10.1. The Kier molecular flexibility index (Phi) is 4.13. The van der Waals surface area contributed by atoms with E-state index in [4.69, 9.17) is 4.74 Å². The summed E-state index contributed by atoms with van der Waals surface area (Å²) in [5, 5.41) is 0. The molecule has 0 amide bonds. The minimum atomic E-state index is -0.389. The third kappa shape index (κ3) is 2.91. The molecule has 1 aromatic carbocycles. The van der Waals surface area contributed by atoms with Crippen molar-refractivity contribution in [3.8, 4) is 0 Å². The number of carbonyl (C=O) groups is 1. The van der Waals surface area contributed by atoms with Crippen molar-refractivity contribution in [2.75, 3.05) is 6.61 Å². The fraction of sp³-hybridized carbons (Fsp3) is 0.200. The molecule has 0 aliphatic heterocycles. The molecule has 0 aliphatic rings. The fourth-order valence-electron chi connectivity index (χ4n) is 1.87. The standard InChI is InChI=1S/C15H16N2O2/c1-3-9-19-15(18)14-10-16-11-17(14)12(2)13-7-5-4-6-8-13/h3-8,10-12H,1,9H2,2H3/t12-/m0/s1. The van der Waals surface area contributed by atoms with E-state index in [1.807, 2.05) is 37.3 Å². The van der Waals surface area contributed by atoms with Crippen molar-refractivity contribution in [1.82, 2.24) is 9.55 Å². The second-order valence-electron chi connectivity index (χ2n) is 4.16. The van der Waals surface area contributed by atoms with Crippen LogP contribution in [0.25, 0.3) is 0 Å². The van der Waals surface area contributed by atoms with Crippen molar-refractivity contribution in [2.24, 2.45) is 0 Å². The van der Waals surface area contributed by atoms with Gasteiger partial charge in [0.1, 0.15) is 12.3 Å². The predicted octanol–water partition coefficient (Wildman–Crippen LogP) is 2.84. The lowest BCUT2D eigenvalue weighted by Gasteiger charge is -2.16. The van der Waals surface area contributed by atoms with E-state index in [1.165, 1.54) is 6.20 Å². The number of hydrogen-bond donors (Lipinski definition) is 0. The summed E-state index contributed by atoms with van der Waals surface area (Å²) in [6, 6.07) is 9.96. The Bertz CT molecular complexity index is 561. The summed E-state index contributed by atoms with van der Waals surface area (Å²) in [6.07, 6.45) is 4.70. The minimum absolute atomic E-state index is 0.0231. The van der Waals surface area contributed by atoms with Crippen LogP contribution in [0.5, 0.6) is 0 Å². The Morgan fingerprint density at radius 1 is 1.47 bits per heavy atom. The molecule has 0 saturated carbocycles. The molecule has 0 bridgehead atoms. The van der Waals surface area contributed by atoms with Gasteiger partial charge in [0.25, 0.3) is 0 Å². The molecule has 0 fully saturated rings. The van der Waals surface area contributed by atoms with Gasteiger partial charge in [0, 0.05) is 0 Å². The van der Waals surface area contributed by atoms with Gasteiger partial charge < -0.3 is 9.30 Å². The van der Waals surface area contributed by atoms with E-state index >= 15 is 0 Å². The molecule has 0 N–H and O–H groups in total. The number of ether oxygens (including phenoxy) is 1. The van der Waals surface area contributed by atoms with E-state index in [0.29, 0.717) is 5.69 Å². The normalized spacial score (nSPS) is 11.8. The van der Waals surface area contributed by atoms with Gasteiger partial charge in [-0.15, -0.1) is 0 Å². The number of rotatable bonds is 5. The summed E-state index contributed by atoms with van der Waals surface area (Å²) in [5.41, 5.74) is 1.55. The van der Waals surface area contributed by atoms with E-state index in [2.05, 4.69) is 11.6 Å². The van der Waals surface area contributed by atoms with Crippen LogP contribution in [0.15, 0.2) is 55.5 Å². The third-order valence-corrected chi connectivity index (χ3v) is 2.91. The van der Waals surface area contributed by atoms with Crippen molar-refractivity contribution in [3.05, 3.63) is 66.8 Å². The Morgan fingerprint density at radius 2 is 2.21 bits per heavy atom. The first-order valence-electron chi connectivity index (χ1n) is 6.09. The van der Waals surface area contributed by atoms with Gasteiger partial charge in [-0.25, -0.2) is 9.78 Å². The zero-order valence-corrected chi connectivity index (χ0v) is 10.8. The molecule has 4 heteroatoms. The second-order valence-corrected chi connectivity index (χ2v) is 4.16. The van der Waals surface area contributed by atoms with E-state index in [0.717, 1.165) is 5.56 Å². The van der Waals surface area contributed by atoms with Crippen LogP contribution in [0.1, 0.15) is 29.0 Å². The molecule has 2 rings (SSSR count). The lowest BCUT2D eigenvalue weighted by molar-refractivity contribution is 0.0536. The first-order valence-corrected chi connectivity index (χ1v) is 6.09. The highest BCUT2D eigenvalue weighted by molar-refractivity contribution is 5.87. The maximum absolute atomic E-state index is 11.9. The van der Waals surface area contributed by atoms with E-state index in [1.54, 1.807) is 17.0 Å². The Hall–Kier alpha value is -2.36. The van der Waals surface area contributed by atoms with Crippen LogP contribution in [0.4, 0.5) is 0 Å². The average molecular weight is 256 g/mol. The smallest absolute Gasteiger partial charge is 0.356 e. The van der Waals surface area contributed by atoms with Crippen LogP contribution in [0, 0.1) is 0 Å². The van der Waals surface area contributed by atoms with Gasteiger partial charge in [-0.05, 0) is 12.5 Å². The Morgan fingerprint density at radius 3 is 2.89 bits per heavy atom. The molecule has 1 atom stereocenters. The molecule has 1 heterocycles. The first-order chi connectivity index (χ1) is 9.24. The van der Waals surface area contributed by atoms with Gasteiger partial charge in [0.2, 0.25) is 0 Å². The molecular formula is C15H16N2O2. The van der Waals surface area contributed by atoms with Crippen LogP contribution in [0.2, 0.25) is 0 Å². The van der Waals surface area contributed by atoms with E-state index < -0.39 is 0 Å². The molecule has 1 aromatic heterocycles. The fourth-order valence-corrected chi connectivity index (χ4v) is 1.87. The highest BCUT2D eigenvalue weighted by Gasteiger charge is 2.17. The van der Waals surface area contributed by atoms with E-state index in [-0.39, 0.29) is 18.6 Å². The molecule has 0 unspecified atom stereocenters. The molecule has 4 nitrogen and oxygen atoms in total. The third-order valence-electron chi connectivity index (χ3n) is 2.91. The van der Waals surface area contributed by atoms with Crippen LogP contribution >= 0.6 is 0 Å². The van der Waals surface area contributed by atoms with Gasteiger partial charge >= 0.3 is 5.97 Å². The number of esters is 1. The average Bonchev–Trinajstić information content (AvgIpc) is 2.94. The van der Waals surface area contributed by atoms with Crippen molar-refractivity contribution >= 4 is 5.97 Å². The summed E-state index contributed by atoms with van der Waals surface area (Å²) in [5.74, 6) is -0.389. The largest absolute Gasteiger partial charge is 0.457 e. The highest BCUT2D eigenvalue weighted by Crippen LogP contribution is 2.19. The number of aromatic nitrogens is 2. The number of hydrogen-bond acceptors (Lipinski definition) is 3. The zero-order chi connectivity index (χ0) is 13.7. The number of benzene rings is 1. The Labute approximate surface area is 112 Å². The molecule has 0 aliphatic carbocycles. The van der Waals surface area contributed by atoms with Gasteiger partial charge in [0.15, 0.2) is 0 Å². The van der Waals surface area contributed by atoms with E-state index in [9.17, 15) is 4.79 Å². The second kappa shape index (κ2) is 6.00. The maximum Gasteiger partial charge on any atom is 0.356 e. The SMILES string of the molecule is C=CCOC(=O)c1cncn1[C@@H](C)c1ccccc1. The summed E-state index contributed by atoms with van der Waals surface area (Å²) < 4.78 is 6.85. The molecule has 98 valence electrons. The molecular weight excluding hydrogens is 240 g/mol. The summed E-state index contributed by atoms with van der Waals surface area (Å²) >= 11 is 0.